The number of guanidine groups is 1. The van der Waals surface area contributed by atoms with Crippen LogP contribution in [0.1, 0.15) is 51.9 Å². The van der Waals surface area contributed by atoms with E-state index in [0.717, 1.165) is 11.9 Å². The van der Waals surface area contributed by atoms with Crippen LogP contribution >= 0.6 is 24.0 Å². The summed E-state index contributed by atoms with van der Waals surface area (Å²) in [6.45, 7) is 4.77. The number of rotatable bonds is 1. The summed E-state index contributed by atoms with van der Waals surface area (Å²) in [5.74, 6) is 2.00. The molecule has 3 nitrogen and oxygen atoms in total. The Labute approximate surface area is 134 Å². The van der Waals surface area contributed by atoms with Crippen LogP contribution in [0.4, 0.5) is 0 Å². The second-order valence-electron chi connectivity index (χ2n) is 6.74. The smallest absolute Gasteiger partial charge is 0.193 e. The van der Waals surface area contributed by atoms with E-state index in [9.17, 15) is 0 Å². The summed E-state index contributed by atoms with van der Waals surface area (Å²) in [5.41, 5.74) is 0.630. The lowest BCUT2D eigenvalue weighted by Gasteiger charge is -2.33. The maximum Gasteiger partial charge on any atom is 0.193 e. The third-order valence-corrected chi connectivity index (χ3v) is 5.29. The van der Waals surface area contributed by atoms with Crippen molar-refractivity contribution in [3.8, 4) is 0 Å². The standard InChI is InChI=1S/C15H27N3.HI/c1-12-10-13(12)17-14(16-2)18-9-8-15(11-18)6-4-3-5-7-15;/h12-13H,3-11H2,1-2H3,(H,16,17);1H. The van der Waals surface area contributed by atoms with E-state index in [1.165, 1.54) is 58.0 Å². The van der Waals surface area contributed by atoms with E-state index in [1.54, 1.807) is 0 Å². The van der Waals surface area contributed by atoms with Gasteiger partial charge in [0, 0.05) is 26.2 Å². The average molecular weight is 377 g/mol. The van der Waals surface area contributed by atoms with Gasteiger partial charge < -0.3 is 10.2 Å². The second kappa shape index (κ2) is 6.19. The maximum atomic E-state index is 4.49. The number of hydrogen-bond donors (Lipinski definition) is 1. The first kappa shape index (κ1) is 15.4. The summed E-state index contributed by atoms with van der Waals surface area (Å²) < 4.78 is 0. The average Bonchev–Trinajstić information content (AvgIpc) is 2.94. The fourth-order valence-electron chi connectivity index (χ4n) is 3.81. The van der Waals surface area contributed by atoms with E-state index in [-0.39, 0.29) is 24.0 Å². The van der Waals surface area contributed by atoms with Crippen LogP contribution in [0.3, 0.4) is 0 Å². The van der Waals surface area contributed by atoms with Gasteiger partial charge in [-0.3, -0.25) is 4.99 Å². The first-order valence-electron chi connectivity index (χ1n) is 7.71. The van der Waals surface area contributed by atoms with E-state index in [2.05, 4.69) is 22.1 Å². The van der Waals surface area contributed by atoms with Crippen LogP contribution in [0.5, 0.6) is 0 Å². The van der Waals surface area contributed by atoms with Crippen LogP contribution in [0.15, 0.2) is 4.99 Å². The number of nitrogens with zero attached hydrogens (tertiary/aromatic N) is 2. The Morgan fingerprint density at radius 1 is 1.21 bits per heavy atom. The van der Waals surface area contributed by atoms with Gasteiger partial charge in [-0.2, -0.15) is 0 Å². The molecule has 0 aromatic carbocycles. The first-order valence-corrected chi connectivity index (χ1v) is 7.71. The number of likely N-dealkylation sites (tertiary alicyclic amines) is 1. The van der Waals surface area contributed by atoms with Crippen molar-refractivity contribution >= 4 is 29.9 Å². The van der Waals surface area contributed by atoms with Gasteiger partial charge in [0.15, 0.2) is 5.96 Å². The Kier molecular flexibility index (Phi) is 5.01. The van der Waals surface area contributed by atoms with Crippen molar-refractivity contribution in [3.05, 3.63) is 0 Å². The van der Waals surface area contributed by atoms with Crippen LogP contribution in [0.25, 0.3) is 0 Å². The van der Waals surface area contributed by atoms with Crippen molar-refractivity contribution in [1.29, 1.82) is 0 Å². The minimum absolute atomic E-state index is 0. The fraction of sp³-hybridized carbons (Fsp3) is 0.933. The Morgan fingerprint density at radius 3 is 2.47 bits per heavy atom. The van der Waals surface area contributed by atoms with Gasteiger partial charge in [-0.1, -0.05) is 26.2 Å². The Bertz CT molecular complexity index is 336. The van der Waals surface area contributed by atoms with Crippen LogP contribution in [-0.4, -0.2) is 37.0 Å². The molecule has 2 saturated carbocycles. The number of nitrogens with one attached hydrogen (secondary N) is 1. The van der Waals surface area contributed by atoms with Gasteiger partial charge in [0.2, 0.25) is 0 Å². The highest BCUT2D eigenvalue weighted by atomic mass is 127. The van der Waals surface area contributed by atoms with E-state index in [4.69, 9.17) is 0 Å². The molecule has 1 spiro atoms. The summed E-state index contributed by atoms with van der Waals surface area (Å²) in [6.07, 6.45) is 9.93. The van der Waals surface area contributed by atoms with Gasteiger partial charge in [0.05, 0.1) is 0 Å². The topological polar surface area (TPSA) is 27.6 Å². The van der Waals surface area contributed by atoms with Gasteiger partial charge in [0.25, 0.3) is 0 Å². The molecule has 0 aromatic rings. The molecule has 1 N–H and O–H groups in total. The van der Waals surface area contributed by atoms with Gasteiger partial charge in [0.1, 0.15) is 0 Å². The molecule has 1 aliphatic heterocycles. The monoisotopic (exact) mass is 377 g/mol. The van der Waals surface area contributed by atoms with Crippen molar-refractivity contribution in [2.24, 2.45) is 16.3 Å². The van der Waals surface area contributed by atoms with Crippen LogP contribution in [0, 0.1) is 11.3 Å². The molecule has 0 radical (unpaired) electrons. The normalized spacial score (nSPS) is 33.2. The number of halogens is 1. The van der Waals surface area contributed by atoms with E-state index < -0.39 is 0 Å². The molecule has 2 aliphatic carbocycles. The fourth-order valence-corrected chi connectivity index (χ4v) is 3.81. The highest BCUT2D eigenvalue weighted by molar-refractivity contribution is 14.0. The Balaban J connectivity index is 0.00000133. The lowest BCUT2D eigenvalue weighted by molar-refractivity contribution is 0.203. The molecule has 4 heteroatoms. The minimum Gasteiger partial charge on any atom is -0.353 e. The van der Waals surface area contributed by atoms with Crippen LogP contribution in [-0.2, 0) is 0 Å². The molecular weight excluding hydrogens is 349 g/mol. The molecule has 1 heterocycles. The van der Waals surface area contributed by atoms with Gasteiger partial charge in [-0.05, 0) is 37.0 Å². The Morgan fingerprint density at radius 2 is 1.89 bits per heavy atom. The molecule has 3 rings (SSSR count). The lowest BCUT2D eigenvalue weighted by Crippen LogP contribution is -2.42. The Hall–Kier alpha value is 0. The third-order valence-electron chi connectivity index (χ3n) is 5.29. The second-order valence-corrected chi connectivity index (χ2v) is 6.74. The quantitative estimate of drug-likeness (QED) is 0.432. The van der Waals surface area contributed by atoms with Crippen LogP contribution in [0.2, 0.25) is 0 Å². The number of hydrogen-bond acceptors (Lipinski definition) is 1. The van der Waals surface area contributed by atoms with Crippen molar-refractivity contribution in [2.75, 3.05) is 20.1 Å². The van der Waals surface area contributed by atoms with Gasteiger partial charge in [-0.25, -0.2) is 0 Å². The predicted molar refractivity (Wildman–Crippen MR) is 91.2 cm³/mol. The molecule has 3 aliphatic rings. The van der Waals surface area contributed by atoms with E-state index >= 15 is 0 Å². The zero-order chi connectivity index (χ0) is 12.6. The molecule has 0 bridgehead atoms. The van der Waals surface area contributed by atoms with Gasteiger partial charge >= 0.3 is 0 Å². The summed E-state index contributed by atoms with van der Waals surface area (Å²) in [4.78, 5) is 7.00. The zero-order valence-electron chi connectivity index (χ0n) is 12.3. The molecule has 110 valence electrons. The predicted octanol–water partition coefficient (Wildman–Crippen LogP) is 3.24. The summed E-state index contributed by atoms with van der Waals surface area (Å²) in [6, 6.07) is 0.687. The largest absolute Gasteiger partial charge is 0.353 e. The third kappa shape index (κ3) is 3.37. The molecule has 0 aromatic heterocycles. The van der Waals surface area contributed by atoms with Crippen molar-refractivity contribution in [2.45, 2.75) is 57.9 Å². The van der Waals surface area contributed by atoms with Crippen LogP contribution < -0.4 is 5.32 Å². The summed E-state index contributed by atoms with van der Waals surface area (Å²) in [5, 5.41) is 3.63. The van der Waals surface area contributed by atoms with Crippen molar-refractivity contribution in [1.82, 2.24) is 10.2 Å². The number of aliphatic imine (C=N–C) groups is 1. The summed E-state index contributed by atoms with van der Waals surface area (Å²) in [7, 11) is 1.93. The van der Waals surface area contributed by atoms with E-state index in [1.807, 2.05) is 7.05 Å². The molecular formula is C15H28IN3. The molecule has 2 unspecified atom stereocenters. The minimum atomic E-state index is 0. The maximum absolute atomic E-state index is 4.49. The molecule has 1 saturated heterocycles. The SMILES string of the molecule is CN=C(NC1CC1C)N1CCC2(CCCCC2)C1.I. The zero-order valence-corrected chi connectivity index (χ0v) is 14.7. The lowest BCUT2D eigenvalue weighted by atomic mass is 9.73. The molecule has 2 atom stereocenters. The molecule has 3 fully saturated rings. The van der Waals surface area contributed by atoms with Crippen molar-refractivity contribution in [3.63, 3.8) is 0 Å². The molecule has 19 heavy (non-hydrogen) atoms. The highest BCUT2D eigenvalue weighted by Crippen LogP contribution is 2.43. The highest BCUT2D eigenvalue weighted by Gasteiger charge is 2.41. The van der Waals surface area contributed by atoms with E-state index in [0.29, 0.717) is 11.5 Å². The summed E-state index contributed by atoms with van der Waals surface area (Å²) >= 11 is 0. The van der Waals surface area contributed by atoms with Crippen molar-refractivity contribution < 1.29 is 0 Å². The first-order chi connectivity index (χ1) is 8.72. The van der Waals surface area contributed by atoms with Gasteiger partial charge in [-0.15, -0.1) is 24.0 Å². The molecule has 0 amide bonds.